The van der Waals surface area contributed by atoms with E-state index in [9.17, 15) is 0 Å². The third-order valence-corrected chi connectivity index (χ3v) is 1.55. The van der Waals surface area contributed by atoms with Crippen molar-refractivity contribution in [2.45, 2.75) is 20.4 Å². The van der Waals surface area contributed by atoms with Crippen LogP contribution in [0.3, 0.4) is 0 Å². The Labute approximate surface area is 78.6 Å². The van der Waals surface area contributed by atoms with Crippen molar-refractivity contribution in [1.82, 2.24) is 10.2 Å². The summed E-state index contributed by atoms with van der Waals surface area (Å²) in [6.45, 7) is 4.53. The van der Waals surface area contributed by atoms with E-state index in [0.29, 0.717) is 6.54 Å². The molecule has 0 amide bonds. The molecule has 1 aromatic rings. The van der Waals surface area contributed by atoms with E-state index < -0.39 is 0 Å². The first-order valence-corrected chi connectivity index (χ1v) is 2.96. The fraction of sp³-hybridized carbons (Fsp3) is 0.500. The second kappa shape index (κ2) is 5.41. The predicted molar refractivity (Wildman–Crippen MR) is 50.4 cm³/mol. The van der Waals surface area contributed by atoms with Crippen molar-refractivity contribution < 1.29 is 0 Å². The van der Waals surface area contributed by atoms with E-state index in [0.717, 1.165) is 11.4 Å². The SMILES string of the molecule is Cc1[nH]nc(CN)c1C.Cl.Cl. The first-order valence-electron chi connectivity index (χ1n) is 2.96. The summed E-state index contributed by atoms with van der Waals surface area (Å²) >= 11 is 0. The normalized spacial score (nSPS) is 8.27. The lowest BCUT2D eigenvalue weighted by atomic mass is 10.2. The number of nitrogens with two attached hydrogens (primary N) is 1. The molecule has 0 aliphatic carbocycles. The van der Waals surface area contributed by atoms with Gasteiger partial charge in [0.2, 0.25) is 0 Å². The summed E-state index contributed by atoms with van der Waals surface area (Å²) in [6, 6.07) is 0. The number of aromatic nitrogens is 2. The van der Waals surface area contributed by atoms with Gasteiger partial charge in [0.15, 0.2) is 0 Å². The molecule has 0 aliphatic heterocycles. The van der Waals surface area contributed by atoms with E-state index in [1.165, 1.54) is 5.56 Å². The van der Waals surface area contributed by atoms with E-state index in [-0.39, 0.29) is 24.8 Å². The number of hydrogen-bond donors (Lipinski definition) is 2. The maximum absolute atomic E-state index is 5.38. The number of hydrogen-bond acceptors (Lipinski definition) is 2. The van der Waals surface area contributed by atoms with Crippen molar-refractivity contribution in [1.29, 1.82) is 0 Å². The topological polar surface area (TPSA) is 54.7 Å². The van der Waals surface area contributed by atoms with Crippen molar-refractivity contribution in [3.63, 3.8) is 0 Å². The molecule has 66 valence electrons. The van der Waals surface area contributed by atoms with Crippen LogP contribution in [0.2, 0.25) is 0 Å². The number of nitrogens with one attached hydrogen (secondary N) is 1. The van der Waals surface area contributed by atoms with Crippen LogP contribution in [0, 0.1) is 13.8 Å². The molecule has 1 heterocycles. The minimum Gasteiger partial charge on any atom is -0.325 e. The van der Waals surface area contributed by atoms with Crippen LogP contribution in [-0.2, 0) is 6.54 Å². The molecule has 0 aliphatic rings. The third kappa shape index (κ3) is 2.69. The Morgan fingerprint density at radius 2 is 1.91 bits per heavy atom. The van der Waals surface area contributed by atoms with Gasteiger partial charge in [-0.2, -0.15) is 5.10 Å². The van der Waals surface area contributed by atoms with Gasteiger partial charge in [0.05, 0.1) is 5.69 Å². The lowest BCUT2D eigenvalue weighted by Gasteiger charge is -1.88. The van der Waals surface area contributed by atoms with Gasteiger partial charge < -0.3 is 5.73 Å². The maximum atomic E-state index is 5.38. The Morgan fingerprint density at radius 1 is 1.36 bits per heavy atom. The minimum atomic E-state index is 0. The van der Waals surface area contributed by atoms with Crippen molar-refractivity contribution in [2.75, 3.05) is 0 Å². The quantitative estimate of drug-likeness (QED) is 0.715. The van der Waals surface area contributed by atoms with Gasteiger partial charge in [0, 0.05) is 12.2 Å². The highest BCUT2D eigenvalue weighted by molar-refractivity contribution is 5.85. The summed E-state index contributed by atoms with van der Waals surface area (Å²) in [5.74, 6) is 0. The number of rotatable bonds is 1. The van der Waals surface area contributed by atoms with Gasteiger partial charge in [-0.25, -0.2) is 0 Å². The highest BCUT2D eigenvalue weighted by atomic mass is 35.5. The van der Waals surface area contributed by atoms with Crippen LogP contribution in [0.15, 0.2) is 0 Å². The molecular weight excluding hydrogens is 185 g/mol. The summed E-state index contributed by atoms with van der Waals surface area (Å²) in [4.78, 5) is 0. The molecule has 1 rings (SSSR count). The minimum absolute atomic E-state index is 0. The maximum Gasteiger partial charge on any atom is 0.0789 e. The molecule has 0 spiro atoms. The molecule has 0 aromatic carbocycles. The summed E-state index contributed by atoms with van der Waals surface area (Å²) < 4.78 is 0. The number of nitrogens with zero attached hydrogens (tertiary/aromatic N) is 1. The Balaban J connectivity index is 0. The zero-order chi connectivity index (χ0) is 6.85. The highest BCUT2D eigenvalue weighted by Crippen LogP contribution is 2.05. The average Bonchev–Trinajstić information content (AvgIpc) is 2.15. The van der Waals surface area contributed by atoms with E-state index in [1.54, 1.807) is 0 Å². The Kier molecular flexibility index (Phi) is 6.56. The first-order chi connectivity index (χ1) is 4.25. The van der Waals surface area contributed by atoms with Crippen molar-refractivity contribution in [3.8, 4) is 0 Å². The molecule has 5 heteroatoms. The molecule has 0 unspecified atom stereocenters. The summed E-state index contributed by atoms with van der Waals surface area (Å²) in [7, 11) is 0. The summed E-state index contributed by atoms with van der Waals surface area (Å²) in [6.07, 6.45) is 0. The van der Waals surface area contributed by atoms with Crippen LogP contribution in [0.1, 0.15) is 17.0 Å². The predicted octanol–water partition coefficient (Wildman–Crippen LogP) is 1.33. The highest BCUT2D eigenvalue weighted by Gasteiger charge is 2.00. The molecule has 0 atom stereocenters. The lowest BCUT2D eigenvalue weighted by molar-refractivity contribution is 0.935. The van der Waals surface area contributed by atoms with Gasteiger partial charge in [0.25, 0.3) is 0 Å². The van der Waals surface area contributed by atoms with E-state index >= 15 is 0 Å². The number of aromatic amines is 1. The standard InChI is InChI=1S/C6H11N3.2ClH/c1-4-5(2)8-9-6(4)3-7;;/h3,7H2,1-2H3,(H,8,9);2*1H. The molecular formula is C6H13Cl2N3. The van der Waals surface area contributed by atoms with E-state index in [1.807, 2.05) is 13.8 Å². The van der Waals surface area contributed by atoms with Crippen molar-refractivity contribution >= 4 is 24.8 Å². The number of H-pyrrole nitrogens is 1. The van der Waals surface area contributed by atoms with Crippen molar-refractivity contribution in [2.24, 2.45) is 5.73 Å². The molecule has 3 N–H and O–H groups in total. The van der Waals surface area contributed by atoms with Crippen LogP contribution in [-0.4, -0.2) is 10.2 Å². The lowest BCUT2D eigenvalue weighted by Crippen LogP contribution is -1.98. The summed E-state index contributed by atoms with van der Waals surface area (Å²) in [5.41, 5.74) is 8.63. The molecule has 1 aromatic heterocycles. The second-order valence-corrected chi connectivity index (χ2v) is 2.12. The van der Waals surface area contributed by atoms with Gasteiger partial charge in [-0.1, -0.05) is 0 Å². The zero-order valence-corrected chi connectivity index (χ0v) is 8.18. The molecule has 0 saturated heterocycles. The van der Waals surface area contributed by atoms with Crippen LogP contribution in [0.5, 0.6) is 0 Å². The van der Waals surface area contributed by atoms with Gasteiger partial charge in [-0.05, 0) is 19.4 Å². The van der Waals surface area contributed by atoms with Gasteiger partial charge in [-0.15, -0.1) is 24.8 Å². The summed E-state index contributed by atoms with van der Waals surface area (Å²) in [5, 5.41) is 6.84. The Bertz CT molecular complexity index is 210. The molecule has 0 radical (unpaired) electrons. The van der Waals surface area contributed by atoms with Crippen LogP contribution in [0.4, 0.5) is 0 Å². The average molecular weight is 198 g/mol. The smallest absolute Gasteiger partial charge is 0.0789 e. The zero-order valence-electron chi connectivity index (χ0n) is 6.55. The number of aryl methyl sites for hydroxylation is 1. The Hall–Kier alpha value is -0.250. The van der Waals surface area contributed by atoms with E-state index in [4.69, 9.17) is 5.73 Å². The largest absolute Gasteiger partial charge is 0.325 e. The molecule has 3 nitrogen and oxygen atoms in total. The van der Waals surface area contributed by atoms with Gasteiger partial charge in [0.1, 0.15) is 0 Å². The van der Waals surface area contributed by atoms with Gasteiger partial charge >= 0.3 is 0 Å². The molecule has 11 heavy (non-hydrogen) atoms. The third-order valence-electron chi connectivity index (χ3n) is 1.55. The second-order valence-electron chi connectivity index (χ2n) is 2.12. The number of halogens is 2. The molecule has 0 saturated carbocycles. The van der Waals surface area contributed by atoms with Gasteiger partial charge in [-0.3, -0.25) is 5.10 Å². The van der Waals surface area contributed by atoms with Crippen LogP contribution < -0.4 is 5.73 Å². The fourth-order valence-corrected chi connectivity index (χ4v) is 0.734. The van der Waals surface area contributed by atoms with E-state index in [2.05, 4.69) is 10.2 Å². The molecule has 0 fully saturated rings. The van der Waals surface area contributed by atoms with Crippen LogP contribution in [0.25, 0.3) is 0 Å². The van der Waals surface area contributed by atoms with Crippen LogP contribution >= 0.6 is 24.8 Å². The van der Waals surface area contributed by atoms with Crippen molar-refractivity contribution in [3.05, 3.63) is 17.0 Å². The monoisotopic (exact) mass is 197 g/mol. The Morgan fingerprint density at radius 3 is 2.09 bits per heavy atom. The fourth-order valence-electron chi connectivity index (χ4n) is 0.734. The molecule has 0 bridgehead atoms. The first kappa shape index (κ1) is 13.3.